The van der Waals surface area contributed by atoms with E-state index >= 15 is 0 Å². The largest absolute Gasteiger partial charge is 0.573 e. The van der Waals surface area contributed by atoms with Gasteiger partial charge < -0.3 is 16.2 Å². The Kier molecular flexibility index (Phi) is 4.68. The lowest BCUT2D eigenvalue weighted by atomic mass is 9.95. The maximum Gasteiger partial charge on any atom is 0.573 e. The molecule has 0 aliphatic heterocycles. The number of hydrogen-bond acceptors (Lipinski definition) is 4. The van der Waals surface area contributed by atoms with Crippen LogP contribution in [0.3, 0.4) is 0 Å². The molecule has 1 aromatic heterocycles. The van der Waals surface area contributed by atoms with Crippen LogP contribution in [0.25, 0.3) is 16.8 Å². The first-order valence-corrected chi connectivity index (χ1v) is 9.29. The standard InChI is InChI=1S/C21H19F3N4O2/c1-11-18(17-10-15(30-21(22,23)24)8-9-16(17)20(26)29)19(12-2-3-12)28(27-11)14-6-4-13(25)5-7-14/h4-10,12H,2-3,25H2,1H3,(H2,26,29). The van der Waals surface area contributed by atoms with Crippen LogP contribution in [0.4, 0.5) is 18.9 Å². The van der Waals surface area contributed by atoms with Crippen molar-refractivity contribution in [2.24, 2.45) is 5.73 Å². The highest BCUT2D eigenvalue weighted by atomic mass is 19.4. The number of amides is 1. The average Bonchev–Trinajstić information content (AvgIpc) is 3.43. The number of aromatic nitrogens is 2. The van der Waals surface area contributed by atoms with E-state index in [1.807, 2.05) is 12.1 Å². The van der Waals surface area contributed by atoms with Gasteiger partial charge in [-0.3, -0.25) is 4.79 Å². The molecule has 0 radical (unpaired) electrons. The second-order valence-electron chi connectivity index (χ2n) is 7.24. The molecule has 1 amide bonds. The molecule has 9 heteroatoms. The zero-order valence-electron chi connectivity index (χ0n) is 16.0. The monoisotopic (exact) mass is 416 g/mol. The number of primary amides is 1. The highest BCUT2D eigenvalue weighted by Gasteiger charge is 2.35. The van der Waals surface area contributed by atoms with Crippen molar-refractivity contribution in [3.8, 4) is 22.6 Å². The normalized spacial score (nSPS) is 14.0. The van der Waals surface area contributed by atoms with Gasteiger partial charge in [0.25, 0.3) is 0 Å². The molecule has 1 aliphatic rings. The molecule has 1 saturated carbocycles. The van der Waals surface area contributed by atoms with Gasteiger partial charge in [-0.25, -0.2) is 4.68 Å². The van der Waals surface area contributed by atoms with E-state index in [0.29, 0.717) is 16.9 Å². The summed E-state index contributed by atoms with van der Waals surface area (Å²) in [5, 5.41) is 4.61. The molecule has 0 saturated heterocycles. The first kappa shape index (κ1) is 19.8. The van der Waals surface area contributed by atoms with Crippen molar-refractivity contribution in [1.82, 2.24) is 9.78 Å². The molecule has 0 bridgehead atoms. The second-order valence-corrected chi connectivity index (χ2v) is 7.24. The van der Waals surface area contributed by atoms with Gasteiger partial charge in [-0.1, -0.05) is 0 Å². The Labute approximate surface area is 170 Å². The highest BCUT2D eigenvalue weighted by Crippen LogP contribution is 2.47. The average molecular weight is 416 g/mol. The van der Waals surface area contributed by atoms with E-state index in [0.717, 1.165) is 30.3 Å². The Morgan fingerprint density at radius 2 is 1.83 bits per heavy atom. The maximum atomic E-state index is 12.7. The van der Waals surface area contributed by atoms with Crippen LogP contribution in [0.5, 0.6) is 5.75 Å². The van der Waals surface area contributed by atoms with Gasteiger partial charge in [0.05, 0.1) is 17.1 Å². The summed E-state index contributed by atoms with van der Waals surface area (Å²) in [5.74, 6) is -1.000. The molecule has 1 fully saturated rings. The van der Waals surface area contributed by atoms with Crippen molar-refractivity contribution >= 4 is 11.6 Å². The SMILES string of the molecule is Cc1nn(-c2ccc(N)cc2)c(C2CC2)c1-c1cc(OC(F)(F)F)ccc1C(N)=O. The van der Waals surface area contributed by atoms with Gasteiger partial charge in [0.2, 0.25) is 5.91 Å². The van der Waals surface area contributed by atoms with Gasteiger partial charge in [-0.2, -0.15) is 5.10 Å². The van der Waals surface area contributed by atoms with E-state index in [9.17, 15) is 18.0 Å². The number of halogens is 3. The summed E-state index contributed by atoms with van der Waals surface area (Å²) in [6.07, 6.45) is -3.02. The number of carbonyl (C=O) groups is 1. The number of carbonyl (C=O) groups excluding carboxylic acids is 1. The minimum Gasteiger partial charge on any atom is -0.406 e. The summed E-state index contributed by atoms with van der Waals surface area (Å²) in [4.78, 5) is 12.0. The zero-order chi connectivity index (χ0) is 21.6. The summed E-state index contributed by atoms with van der Waals surface area (Å²) in [7, 11) is 0. The van der Waals surface area contributed by atoms with Crippen molar-refractivity contribution in [3.63, 3.8) is 0 Å². The number of nitrogen functional groups attached to an aromatic ring is 1. The molecule has 0 spiro atoms. The van der Waals surface area contributed by atoms with E-state index in [1.165, 1.54) is 12.1 Å². The Balaban J connectivity index is 1.93. The Hall–Kier alpha value is -3.49. The van der Waals surface area contributed by atoms with Crippen molar-refractivity contribution in [3.05, 3.63) is 59.4 Å². The van der Waals surface area contributed by atoms with Crippen LogP contribution >= 0.6 is 0 Å². The lowest BCUT2D eigenvalue weighted by Gasteiger charge is -2.14. The lowest BCUT2D eigenvalue weighted by molar-refractivity contribution is -0.274. The van der Waals surface area contributed by atoms with E-state index in [2.05, 4.69) is 9.84 Å². The summed E-state index contributed by atoms with van der Waals surface area (Å²) in [6.45, 7) is 1.75. The number of nitrogens with two attached hydrogens (primary N) is 2. The number of rotatable bonds is 5. The number of aryl methyl sites for hydroxylation is 1. The predicted octanol–water partition coefficient (Wildman–Crippen LogP) is 4.30. The Morgan fingerprint density at radius 1 is 1.17 bits per heavy atom. The molecule has 156 valence electrons. The minimum absolute atomic E-state index is 0.103. The van der Waals surface area contributed by atoms with Crippen LogP contribution < -0.4 is 16.2 Å². The first-order valence-electron chi connectivity index (χ1n) is 9.29. The number of hydrogen-bond donors (Lipinski definition) is 2. The second kappa shape index (κ2) is 7.08. The van der Waals surface area contributed by atoms with Gasteiger partial charge in [0.1, 0.15) is 5.75 Å². The number of ether oxygens (including phenoxy) is 1. The van der Waals surface area contributed by atoms with E-state index in [4.69, 9.17) is 11.5 Å². The number of anilines is 1. The van der Waals surface area contributed by atoms with Gasteiger partial charge in [-0.15, -0.1) is 13.2 Å². The molecule has 30 heavy (non-hydrogen) atoms. The fraction of sp³-hybridized carbons (Fsp3) is 0.238. The molecule has 3 aromatic rings. The Morgan fingerprint density at radius 3 is 2.40 bits per heavy atom. The first-order chi connectivity index (χ1) is 14.1. The molecule has 0 atom stereocenters. The summed E-state index contributed by atoms with van der Waals surface area (Å²) < 4.78 is 44.1. The third-order valence-electron chi connectivity index (χ3n) is 4.96. The number of benzene rings is 2. The van der Waals surface area contributed by atoms with Gasteiger partial charge in [-0.05, 0) is 62.2 Å². The van der Waals surface area contributed by atoms with Crippen LogP contribution in [0.1, 0.15) is 40.5 Å². The van der Waals surface area contributed by atoms with Crippen molar-refractivity contribution in [2.75, 3.05) is 5.73 Å². The van der Waals surface area contributed by atoms with Crippen LogP contribution in [0, 0.1) is 6.92 Å². The van der Waals surface area contributed by atoms with Crippen LogP contribution in [0.2, 0.25) is 0 Å². The smallest absolute Gasteiger partial charge is 0.406 e. The molecule has 0 unspecified atom stereocenters. The predicted molar refractivity (Wildman–Crippen MR) is 105 cm³/mol. The van der Waals surface area contributed by atoms with E-state index in [1.54, 1.807) is 23.7 Å². The fourth-order valence-electron chi connectivity index (χ4n) is 3.57. The topological polar surface area (TPSA) is 96.2 Å². The van der Waals surface area contributed by atoms with Crippen molar-refractivity contribution < 1.29 is 22.7 Å². The van der Waals surface area contributed by atoms with Crippen LogP contribution in [0.15, 0.2) is 42.5 Å². The van der Waals surface area contributed by atoms with Crippen LogP contribution in [-0.2, 0) is 0 Å². The molecule has 2 aromatic carbocycles. The minimum atomic E-state index is -4.85. The van der Waals surface area contributed by atoms with E-state index < -0.39 is 18.0 Å². The third kappa shape index (κ3) is 3.83. The van der Waals surface area contributed by atoms with E-state index in [-0.39, 0.29) is 17.0 Å². The van der Waals surface area contributed by atoms with Crippen LogP contribution in [-0.4, -0.2) is 22.1 Å². The fourth-order valence-corrected chi connectivity index (χ4v) is 3.57. The number of nitrogens with zero attached hydrogens (tertiary/aromatic N) is 2. The zero-order valence-corrected chi connectivity index (χ0v) is 16.0. The molecular weight excluding hydrogens is 397 g/mol. The molecule has 4 N–H and O–H groups in total. The maximum absolute atomic E-state index is 12.7. The summed E-state index contributed by atoms with van der Waals surface area (Å²) in [6, 6.07) is 10.6. The van der Waals surface area contributed by atoms with Crippen molar-refractivity contribution in [1.29, 1.82) is 0 Å². The summed E-state index contributed by atoms with van der Waals surface area (Å²) >= 11 is 0. The quantitative estimate of drug-likeness (QED) is 0.606. The van der Waals surface area contributed by atoms with Gasteiger partial charge >= 0.3 is 6.36 Å². The molecular formula is C21H19F3N4O2. The molecule has 6 nitrogen and oxygen atoms in total. The van der Waals surface area contributed by atoms with Crippen molar-refractivity contribution in [2.45, 2.75) is 32.0 Å². The number of alkyl halides is 3. The van der Waals surface area contributed by atoms with Gasteiger partial charge in [0, 0.05) is 28.3 Å². The molecule has 1 heterocycles. The molecule has 4 rings (SSSR count). The highest BCUT2D eigenvalue weighted by molar-refractivity contribution is 6.01. The van der Waals surface area contributed by atoms with Gasteiger partial charge in [0.15, 0.2) is 0 Å². The lowest BCUT2D eigenvalue weighted by Crippen LogP contribution is -2.18. The molecule has 1 aliphatic carbocycles. The summed E-state index contributed by atoms with van der Waals surface area (Å²) in [5.41, 5.74) is 15.0. The third-order valence-corrected chi connectivity index (χ3v) is 4.96. The Bertz CT molecular complexity index is 1120.